The lowest BCUT2D eigenvalue weighted by Crippen LogP contribution is -2.16. The third-order valence-corrected chi connectivity index (χ3v) is 4.76. The highest BCUT2D eigenvalue weighted by atomic mass is 35.5. The van der Waals surface area contributed by atoms with Crippen molar-refractivity contribution in [3.8, 4) is 0 Å². The van der Waals surface area contributed by atoms with Crippen LogP contribution in [0.15, 0.2) is 18.2 Å². The number of benzene rings is 2. The van der Waals surface area contributed by atoms with Gasteiger partial charge in [0.2, 0.25) is 0 Å². The summed E-state index contributed by atoms with van der Waals surface area (Å²) in [6.45, 7) is 0.872. The Balaban J connectivity index is 2.24. The van der Waals surface area contributed by atoms with E-state index in [0.717, 1.165) is 4.57 Å². The number of imidazole rings is 1. The summed E-state index contributed by atoms with van der Waals surface area (Å²) in [6.07, 6.45) is 0.147. The first kappa shape index (κ1) is 20.9. The van der Waals surface area contributed by atoms with Gasteiger partial charge in [0.25, 0.3) is 5.91 Å². The summed E-state index contributed by atoms with van der Waals surface area (Å²) in [5, 5.41) is 11.1. The lowest BCUT2D eigenvalue weighted by Gasteiger charge is -2.12. The summed E-state index contributed by atoms with van der Waals surface area (Å²) in [5.74, 6) is -7.42. The first-order valence-corrected chi connectivity index (χ1v) is 8.95. The molecule has 152 valence electrons. The van der Waals surface area contributed by atoms with Crippen LogP contribution in [0.3, 0.4) is 0 Å². The Morgan fingerprint density at radius 1 is 1.14 bits per heavy atom. The van der Waals surface area contributed by atoms with Crippen LogP contribution in [0, 0.1) is 17.5 Å². The van der Waals surface area contributed by atoms with Crippen molar-refractivity contribution in [3.63, 3.8) is 0 Å². The van der Waals surface area contributed by atoms with E-state index in [0.29, 0.717) is 0 Å². The van der Waals surface area contributed by atoms with Gasteiger partial charge in [-0.25, -0.2) is 18.2 Å². The zero-order valence-corrected chi connectivity index (χ0v) is 16.2. The van der Waals surface area contributed by atoms with Crippen molar-refractivity contribution in [2.75, 3.05) is 5.32 Å². The predicted octanol–water partition coefficient (Wildman–Crippen LogP) is 4.66. The molecule has 1 aromatic heterocycles. The average molecular weight is 446 g/mol. The van der Waals surface area contributed by atoms with Crippen LogP contribution >= 0.6 is 23.2 Å². The van der Waals surface area contributed by atoms with Gasteiger partial charge in [-0.2, -0.15) is 0 Å². The summed E-state index contributed by atoms with van der Waals surface area (Å²) in [7, 11) is 0. The number of aliphatic carboxylic acids is 1. The molecule has 0 saturated heterocycles. The van der Waals surface area contributed by atoms with Crippen LogP contribution in [0.5, 0.6) is 0 Å². The number of carboxylic acid groups (broad SMARTS) is 1. The van der Waals surface area contributed by atoms with Gasteiger partial charge in [0, 0.05) is 6.42 Å². The molecule has 1 amide bonds. The quantitative estimate of drug-likeness (QED) is 0.559. The number of rotatable bonds is 5. The topological polar surface area (TPSA) is 84.2 Å². The fraction of sp³-hybridized carbons (Fsp3) is 0.167. The number of hydrogen-bond acceptors (Lipinski definition) is 3. The summed E-state index contributed by atoms with van der Waals surface area (Å²) in [4.78, 5) is 27.7. The second-order valence-electron chi connectivity index (χ2n) is 5.93. The molecule has 1 heterocycles. The monoisotopic (exact) mass is 445 g/mol. The highest BCUT2D eigenvalue weighted by Crippen LogP contribution is 2.34. The fourth-order valence-corrected chi connectivity index (χ4v) is 3.46. The number of aryl methyl sites for hydroxylation is 1. The Hall–Kier alpha value is -2.78. The molecular weight excluding hydrogens is 434 g/mol. The van der Waals surface area contributed by atoms with E-state index < -0.39 is 52.6 Å². The molecule has 3 rings (SSSR count). The molecular formula is C18H12Cl2F3N3O3. The maximum absolute atomic E-state index is 14.5. The summed E-state index contributed by atoms with van der Waals surface area (Å²) in [5.41, 5.74) is -1.97. The van der Waals surface area contributed by atoms with Crippen molar-refractivity contribution in [1.29, 1.82) is 0 Å². The molecule has 0 fully saturated rings. The van der Waals surface area contributed by atoms with Crippen molar-refractivity contribution in [2.45, 2.75) is 19.9 Å². The summed E-state index contributed by atoms with van der Waals surface area (Å²) in [6, 6.07) is 4.23. The zero-order valence-electron chi connectivity index (χ0n) is 14.7. The molecule has 3 aromatic rings. The lowest BCUT2D eigenvalue weighted by molar-refractivity contribution is -0.137. The van der Waals surface area contributed by atoms with E-state index in [2.05, 4.69) is 10.3 Å². The summed E-state index contributed by atoms with van der Waals surface area (Å²) < 4.78 is 44.1. The number of carbonyl (C=O) groups excluding carboxylic acids is 1. The van der Waals surface area contributed by atoms with E-state index in [1.165, 1.54) is 18.2 Å². The molecule has 6 nitrogen and oxygen atoms in total. The maximum Gasteiger partial charge on any atom is 0.323 e. The number of hydrogen-bond donors (Lipinski definition) is 2. The zero-order chi connectivity index (χ0) is 21.5. The molecule has 0 aliphatic heterocycles. The van der Waals surface area contributed by atoms with E-state index in [1.54, 1.807) is 6.92 Å². The van der Waals surface area contributed by atoms with Crippen molar-refractivity contribution < 1.29 is 27.9 Å². The molecule has 2 aromatic carbocycles. The van der Waals surface area contributed by atoms with Crippen LogP contribution in [0.4, 0.5) is 18.9 Å². The number of carbonyl (C=O) groups is 2. The Labute approximate surface area is 171 Å². The van der Waals surface area contributed by atoms with Crippen LogP contribution in [0.25, 0.3) is 11.0 Å². The molecule has 0 aliphatic carbocycles. The van der Waals surface area contributed by atoms with Gasteiger partial charge in [-0.3, -0.25) is 9.59 Å². The lowest BCUT2D eigenvalue weighted by atomic mass is 10.2. The average Bonchev–Trinajstić information content (AvgIpc) is 3.01. The van der Waals surface area contributed by atoms with E-state index >= 15 is 0 Å². The largest absolute Gasteiger partial charge is 0.480 e. The van der Waals surface area contributed by atoms with E-state index in [9.17, 15) is 22.8 Å². The van der Waals surface area contributed by atoms with Gasteiger partial charge < -0.3 is 15.0 Å². The standard InChI is InChI=1S/C18H12Cl2F3N3O3/c1-2-9-24-16-15(25-18(29)11-7(19)4-3-5-8(11)20)13(22)12(21)14(23)17(16)26(9)6-10(27)28/h3-5H,2,6H2,1H3,(H,25,29)(H,27,28). The van der Waals surface area contributed by atoms with Crippen LogP contribution in [0.1, 0.15) is 23.1 Å². The molecule has 0 saturated carbocycles. The first-order chi connectivity index (χ1) is 13.7. The number of halogens is 5. The Kier molecular flexibility index (Phi) is 5.72. The molecule has 0 atom stereocenters. The van der Waals surface area contributed by atoms with Gasteiger partial charge in [0.05, 0.1) is 15.6 Å². The normalized spacial score (nSPS) is 11.1. The highest BCUT2D eigenvalue weighted by Gasteiger charge is 2.28. The van der Waals surface area contributed by atoms with Crippen molar-refractivity contribution in [1.82, 2.24) is 9.55 Å². The molecule has 0 radical (unpaired) electrons. The number of nitrogens with one attached hydrogen (secondary N) is 1. The van der Waals surface area contributed by atoms with Gasteiger partial charge in [-0.15, -0.1) is 0 Å². The number of aromatic nitrogens is 2. The minimum absolute atomic E-state index is 0.0418. The first-order valence-electron chi connectivity index (χ1n) is 8.20. The van der Waals surface area contributed by atoms with Crippen molar-refractivity contribution in [2.24, 2.45) is 0 Å². The highest BCUT2D eigenvalue weighted by molar-refractivity contribution is 6.40. The van der Waals surface area contributed by atoms with Crippen molar-refractivity contribution >= 4 is 51.8 Å². The number of anilines is 1. The second-order valence-corrected chi connectivity index (χ2v) is 6.74. The van der Waals surface area contributed by atoms with Gasteiger partial charge in [-0.1, -0.05) is 36.2 Å². The van der Waals surface area contributed by atoms with E-state index in [1.807, 2.05) is 0 Å². The Morgan fingerprint density at radius 3 is 2.31 bits per heavy atom. The van der Waals surface area contributed by atoms with Crippen LogP contribution in [-0.2, 0) is 17.8 Å². The molecule has 11 heteroatoms. The van der Waals surface area contributed by atoms with E-state index in [-0.39, 0.29) is 27.9 Å². The minimum atomic E-state index is -1.88. The van der Waals surface area contributed by atoms with Crippen LogP contribution in [-0.4, -0.2) is 26.5 Å². The second kappa shape index (κ2) is 7.92. The number of carboxylic acids is 1. The van der Waals surface area contributed by atoms with Gasteiger partial charge in [0.1, 0.15) is 29.1 Å². The predicted molar refractivity (Wildman–Crippen MR) is 101 cm³/mol. The minimum Gasteiger partial charge on any atom is -0.480 e. The number of fused-ring (bicyclic) bond motifs is 1. The van der Waals surface area contributed by atoms with Gasteiger partial charge in [-0.05, 0) is 12.1 Å². The molecule has 0 unspecified atom stereocenters. The third kappa shape index (κ3) is 3.63. The molecule has 2 N–H and O–H groups in total. The summed E-state index contributed by atoms with van der Waals surface area (Å²) >= 11 is 11.9. The maximum atomic E-state index is 14.5. The smallest absolute Gasteiger partial charge is 0.323 e. The molecule has 0 spiro atoms. The molecule has 29 heavy (non-hydrogen) atoms. The van der Waals surface area contributed by atoms with E-state index in [4.69, 9.17) is 28.3 Å². The van der Waals surface area contributed by atoms with Gasteiger partial charge >= 0.3 is 5.97 Å². The number of amides is 1. The Bertz CT molecular complexity index is 1140. The third-order valence-electron chi connectivity index (χ3n) is 4.13. The van der Waals surface area contributed by atoms with Crippen LogP contribution < -0.4 is 5.32 Å². The van der Waals surface area contributed by atoms with Crippen LogP contribution in [0.2, 0.25) is 10.0 Å². The fourth-order valence-electron chi connectivity index (χ4n) is 2.89. The molecule has 0 bridgehead atoms. The number of nitrogens with zero attached hydrogens (tertiary/aromatic N) is 2. The SMILES string of the molecule is CCc1nc2c(NC(=O)c3c(Cl)cccc3Cl)c(F)c(F)c(F)c2n1CC(=O)O. The van der Waals surface area contributed by atoms with Crippen molar-refractivity contribution in [3.05, 3.63) is 57.1 Å². The molecule has 0 aliphatic rings. The Morgan fingerprint density at radius 2 is 1.76 bits per heavy atom. The van der Waals surface area contributed by atoms with Gasteiger partial charge in [0.15, 0.2) is 17.5 Å².